The third-order valence-corrected chi connectivity index (χ3v) is 3.25. The molecule has 0 aliphatic heterocycles. The van der Waals surface area contributed by atoms with E-state index in [1.807, 2.05) is 12.1 Å². The van der Waals surface area contributed by atoms with Gasteiger partial charge < -0.3 is 14.5 Å². The predicted molar refractivity (Wildman–Crippen MR) is 73.6 cm³/mol. The minimum Gasteiger partial charge on any atom is -0.497 e. The number of benzene rings is 2. The predicted octanol–water partition coefficient (Wildman–Crippen LogP) is 3.65. The molecule has 0 bridgehead atoms. The standard InChI is InChI=1S/C15H15NO2/c1-9-4-5-12-11(6-9)15-13(16-12)7-10(17-2)8-14(15)18-3/h4-8,16H,1-3H3. The Balaban J connectivity index is 2.47. The van der Waals surface area contributed by atoms with Gasteiger partial charge in [0.25, 0.3) is 0 Å². The molecule has 3 aromatic rings. The van der Waals surface area contributed by atoms with Gasteiger partial charge in [-0.1, -0.05) is 11.6 Å². The lowest BCUT2D eigenvalue weighted by atomic mass is 10.1. The zero-order chi connectivity index (χ0) is 12.7. The van der Waals surface area contributed by atoms with E-state index in [1.54, 1.807) is 14.2 Å². The lowest BCUT2D eigenvalue weighted by molar-refractivity contribution is 0.398. The molecule has 0 atom stereocenters. The van der Waals surface area contributed by atoms with Gasteiger partial charge in [0, 0.05) is 28.4 Å². The number of rotatable bonds is 2. The van der Waals surface area contributed by atoms with Crippen molar-refractivity contribution in [1.82, 2.24) is 4.98 Å². The number of nitrogens with one attached hydrogen (secondary N) is 1. The molecule has 0 aliphatic carbocycles. The van der Waals surface area contributed by atoms with Crippen LogP contribution >= 0.6 is 0 Å². The average Bonchev–Trinajstić information content (AvgIpc) is 2.75. The summed E-state index contributed by atoms with van der Waals surface area (Å²) in [5, 5.41) is 2.29. The third kappa shape index (κ3) is 1.51. The summed E-state index contributed by atoms with van der Waals surface area (Å²) >= 11 is 0. The summed E-state index contributed by atoms with van der Waals surface area (Å²) in [6, 6.07) is 10.3. The molecule has 0 saturated heterocycles. The molecule has 0 spiro atoms. The van der Waals surface area contributed by atoms with Crippen molar-refractivity contribution in [3.05, 3.63) is 35.9 Å². The van der Waals surface area contributed by atoms with Crippen LogP contribution in [0, 0.1) is 6.92 Å². The number of aromatic amines is 1. The number of ether oxygens (including phenoxy) is 2. The Morgan fingerprint density at radius 1 is 0.944 bits per heavy atom. The Labute approximate surface area is 105 Å². The van der Waals surface area contributed by atoms with E-state index in [0.717, 1.165) is 27.9 Å². The molecule has 0 fully saturated rings. The first-order chi connectivity index (χ1) is 8.72. The van der Waals surface area contributed by atoms with Crippen molar-refractivity contribution in [1.29, 1.82) is 0 Å². The van der Waals surface area contributed by atoms with Crippen LogP contribution in [0.1, 0.15) is 5.56 Å². The van der Waals surface area contributed by atoms with Crippen molar-refractivity contribution in [2.75, 3.05) is 14.2 Å². The molecule has 1 heterocycles. The molecule has 3 rings (SSSR count). The van der Waals surface area contributed by atoms with Gasteiger partial charge in [-0.25, -0.2) is 0 Å². The van der Waals surface area contributed by atoms with Crippen LogP contribution in [0.25, 0.3) is 21.8 Å². The van der Waals surface area contributed by atoms with E-state index >= 15 is 0 Å². The monoisotopic (exact) mass is 241 g/mol. The van der Waals surface area contributed by atoms with E-state index in [0.29, 0.717) is 0 Å². The van der Waals surface area contributed by atoms with E-state index in [2.05, 4.69) is 30.1 Å². The smallest absolute Gasteiger partial charge is 0.132 e. The molecule has 0 radical (unpaired) electrons. The lowest BCUT2D eigenvalue weighted by Crippen LogP contribution is -1.87. The van der Waals surface area contributed by atoms with Gasteiger partial charge in [0.1, 0.15) is 11.5 Å². The molecule has 1 aromatic heterocycles. The van der Waals surface area contributed by atoms with E-state index in [9.17, 15) is 0 Å². The fourth-order valence-electron chi connectivity index (χ4n) is 2.36. The van der Waals surface area contributed by atoms with E-state index in [1.165, 1.54) is 10.9 Å². The second-order valence-electron chi connectivity index (χ2n) is 4.43. The highest BCUT2D eigenvalue weighted by atomic mass is 16.5. The second-order valence-corrected chi connectivity index (χ2v) is 4.43. The Kier molecular flexibility index (Phi) is 2.40. The quantitative estimate of drug-likeness (QED) is 0.743. The van der Waals surface area contributed by atoms with Gasteiger partial charge in [0.2, 0.25) is 0 Å². The van der Waals surface area contributed by atoms with Gasteiger partial charge in [0.05, 0.1) is 19.7 Å². The maximum absolute atomic E-state index is 5.48. The number of H-pyrrole nitrogens is 1. The number of hydrogen-bond donors (Lipinski definition) is 1. The maximum Gasteiger partial charge on any atom is 0.132 e. The summed E-state index contributed by atoms with van der Waals surface area (Å²) < 4.78 is 10.8. The van der Waals surface area contributed by atoms with Crippen LogP contribution in [0.2, 0.25) is 0 Å². The summed E-state index contributed by atoms with van der Waals surface area (Å²) in [5.74, 6) is 1.63. The molecule has 0 saturated carbocycles. The zero-order valence-electron chi connectivity index (χ0n) is 10.7. The molecular weight excluding hydrogens is 226 g/mol. The lowest BCUT2D eigenvalue weighted by Gasteiger charge is -2.06. The fraction of sp³-hybridized carbons (Fsp3) is 0.200. The summed E-state index contributed by atoms with van der Waals surface area (Å²) in [6.07, 6.45) is 0. The van der Waals surface area contributed by atoms with Crippen molar-refractivity contribution in [3.8, 4) is 11.5 Å². The molecule has 0 amide bonds. The molecule has 0 unspecified atom stereocenters. The molecule has 1 N–H and O–H groups in total. The maximum atomic E-state index is 5.48. The Hall–Kier alpha value is -2.16. The van der Waals surface area contributed by atoms with Gasteiger partial charge in [0.15, 0.2) is 0 Å². The Bertz CT molecular complexity index is 728. The SMILES string of the molecule is COc1cc(OC)c2c(c1)[nH]c1ccc(C)cc12. The van der Waals surface area contributed by atoms with Crippen LogP contribution in [0.5, 0.6) is 11.5 Å². The number of methoxy groups -OCH3 is 2. The molecule has 0 aliphatic rings. The van der Waals surface area contributed by atoms with Gasteiger partial charge >= 0.3 is 0 Å². The fourth-order valence-corrected chi connectivity index (χ4v) is 2.36. The molecular formula is C15H15NO2. The first-order valence-corrected chi connectivity index (χ1v) is 5.87. The molecule has 3 heteroatoms. The summed E-state index contributed by atoms with van der Waals surface area (Å²) in [4.78, 5) is 3.39. The summed E-state index contributed by atoms with van der Waals surface area (Å²) in [7, 11) is 3.34. The van der Waals surface area contributed by atoms with Crippen LogP contribution in [-0.4, -0.2) is 19.2 Å². The van der Waals surface area contributed by atoms with E-state index < -0.39 is 0 Å². The molecule has 18 heavy (non-hydrogen) atoms. The van der Waals surface area contributed by atoms with E-state index in [4.69, 9.17) is 9.47 Å². The molecule has 92 valence electrons. The highest BCUT2D eigenvalue weighted by Crippen LogP contribution is 2.36. The topological polar surface area (TPSA) is 34.2 Å². The number of aromatic nitrogens is 1. The second kappa shape index (κ2) is 3.95. The summed E-state index contributed by atoms with van der Waals surface area (Å²) in [6.45, 7) is 2.09. The zero-order valence-corrected chi connectivity index (χ0v) is 10.7. The number of hydrogen-bond acceptors (Lipinski definition) is 2. The van der Waals surface area contributed by atoms with Crippen molar-refractivity contribution in [3.63, 3.8) is 0 Å². The van der Waals surface area contributed by atoms with Crippen LogP contribution in [0.4, 0.5) is 0 Å². The highest BCUT2D eigenvalue weighted by Gasteiger charge is 2.11. The van der Waals surface area contributed by atoms with Gasteiger partial charge in [-0.3, -0.25) is 0 Å². The van der Waals surface area contributed by atoms with Crippen molar-refractivity contribution in [2.45, 2.75) is 6.92 Å². The molecule has 2 aromatic carbocycles. The first kappa shape index (κ1) is 11.0. The van der Waals surface area contributed by atoms with E-state index in [-0.39, 0.29) is 0 Å². The first-order valence-electron chi connectivity index (χ1n) is 5.87. The molecule has 3 nitrogen and oxygen atoms in total. The number of fused-ring (bicyclic) bond motifs is 3. The van der Waals surface area contributed by atoms with Crippen LogP contribution in [-0.2, 0) is 0 Å². The number of aryl methyl sites for hydroxylation is 1. The summed E-state index contributed by atoms with van der Waals surface area (Å²) in [5.41, 5.74) is 3.38. The van der Waals surface area contributed by atoms with Crippen molar-refractivity contribution in [2.24, 2.45) is 0 Å². The normalized spacial score (nSPS) is 11.1. The van der Waals surface area contributed by atoms with Crippen LogP contribution in [0.15, 0.2) is 30.3 Å². The Morgan fingerprint density at radius 3 is 2.50 bits per heavy atom. The van der Waals surface area contributed by atoms with Gasteiger partial charge in [-0.05, 0) is 19.1 Å². The average molecular weight is 241 g/mol. The van der Waals surface area contributed by atoms with Gasteiger partial charge in [-0.15, -0.1) is 0 Å². The van der Waals surface area contributed by atoms with Crippen molar-refractivity contribution < 1.29 is 9.47 Å². The minimum absolute atomic E-state index is 0.794. The van der Waals surface area contributed by atoms with Gasteiger partial charge in [-0.2, -0.15) is 0 Å². The van der Waals surface area contributed by atoms with Crippen LogP contribution in [0.3, 0.4) is 0 Å². The Morgan fingerprint density at radius 2 is 1.78 bits per heavy atom. The third-order valence-electron chi connectivity index (χ3n) is 3.25. The minimum atomic E-state index is 0.794. The highest BCUT2D eigenvalue weighted by molar-refractivity contribution is 6.11. The largest absolute Gasteiger partial charge is 0.497 e. The van der Waals surface area contributed by atoms with Crippen molar-refractivity contribution >= 4 is 21.8 Å². The van der Waals surface area contributed by atoms with Crippen LogP contribution < -0.4 is 9.47 Å².